The van der Waals surface area contributed by atoms with Crippen molar-refractivity contribution in [3.63, 3.8) is 0 Å². The highest BCUT2D eigenvalue weighted by Gasteiger charge is 2.21. The Morgan fingerprint density at radius 2 is 2.38 bits per heavy atom. The van der Waals surface area contributed by atoms with Crippen molar-refractivity contribution < 1.29 is 4.79 Å². The zero-order valence-corrected chi connectivity index (χ0v) is 12.6. The minimum atomic E-state index is -0.301. The van der Waals surface area contributed by atoms with Crippen molar-refractivity contribution in [2.45, 2.75) is 6.42 Å². The van der Waals surface area contributed by atoms with E-state index in [1.807, 2.05) is 23.9 Å². The molecule has 0 aliphatic heterocycles. The topological polar surface area (TPSA) is 109 Å². The number of carbonyl (C=O) groups is 1. The first-order valence-electron chi connectivity index (χ1n) is 6.33. The maximum absolute atomic E-state index is 11.9. The van der Waals surface area contributed by atoms with Crippen LogP contribution < -0.4 is 16.4 Å². The summed E-state index contributed by atoms with van der Waals surface area (Å²) in [5, 5.41) is 15.3. The van der Waals surface area contributed by atoms with Gasteiger partial charge in [-0.05, 0) is 0 Å². The van der Waals surface area contributed by atoms with Crippen LogP contribution in [0.2, 0.25) is 0 Å². The highest BCUT2D eigenvalue weighted by Crippen LogP contribution is 2.35. The first kappa shape index (κ1) is 14.9. The van der Waals surface area contributed by atoms with Gasteiger partial charge < -0.3 is 20.9 Å². The molecule has 2 rings (SSSR count). The van der Waals surface area contributed by atoms with Crippen LogP contribution in [0.5, 0.6) is 0 Å². The van der Waals surface area contributed by atoms with Crippen LogP contribution >= 0.6 is 11.3 Å². The Balaban J connectivity index is 2.14. The van der Waals surface area contributed by atoms with Crippen molar-refractivity contribution in [1.82, 2.24) is 14.9 Å². The monoisotopic (exact) mass is 304 g/mol. The van der Waals surface area contributed by atoms with Crippen molar-refractivity contribution in [2.75, 3.05) is 24.6 Å². The number of amides is 1. The van der Waals surface area contributed by atoms with Gasteiger partial charge in [0.15, 0.2) is 0 Å². The van der Waals surface area contributed by atoms with Gasteiger partial charge in [-0.25, -0.2) is 4.98 Å². The first-order valence-corrected chi connectivity index (χ1v) is 7.14. The average molecular weight is 304 g/mol. The lowest BCUT2D eigenvalue weighted by atomic mass is 10.2. The number of nitrogens with one attached hydrogen (secondary N) is 2. The van der Waals surface area contributed by atoms with E-state index in [4.69, 9.17) is 11.0 Å². The summed E-state index contributed by atoms with van der Waals surface area (Å²) in [6.45, 7) is 0.597. The molecule has 0 spiro atoms. The predicted molar refractivity (Wildman–Crippen MR) is 82.2 cm³/mol. The lowest BCUT2D eigenvalue weighted by molar-refractivity contribution is 0.0965. The summed E-state index contributed by atoms with van der Waals surface area (Å²) in [6, 6.07) is 2.01. The Kier molecular flexibility index (Phi) is 4.45. The molecule has 0 unspecified atom stereocenters. The first-order chi connectivity index (χ1) is 10.1. The number of rotatable bonds is 5. The van der Waals surface area contributed by atoms with E-state index < -0.39 is 0 Å². The van der Waals surface area contributed by atoms with Gasteiger partial charge in [0, 0.05) is 39.5 Å². The predicted octanol–water partition coefficient (Wildman–Crippen LogP) is 0.950. The fraction of sp³-hybridized carbons (Fsp3) is 0.308. The van der Waals surface area contributed by atoms with Crippen molar-refractivity contribution in [3.8, 4) is 6.07 Å². The molecule has 0 saturated carbocycles. The van der Waals surface area contributed by atoms with Crippen molar-refractivity contribution in [1.29, 1.82) is 5.26 Å². The molecular formula is C13H16N6OS. The largest absolute Gasteiger partial charge is 0.396 e. The molecule has 8 heteroatoms. The fourth-order valence-electron chi connectivity index (χ4n) is 1.93. The van der Waals surface area contributed by atoms with Gasteiger partial charge in [0.2, 0.25) is 0 Å². The van der Waals surface area contributed by atoms with Gasteiger partial charge in [0.25, 0.3) is 5.91 Å². The quantitative estimate of drug-likeness (QED) is 0.762. The Labute approximate surface area is 126 Å². The summed E-state index contributed by atoms with van der Waals surface area (Å²) < 4.78 is 1.94. The average Bonchev–Trinajstić information content (AvgIpc) is 3.02. The highest BCUT2D eigenvalue weighted by molar-refractivity contribution is 7.17. The van der Waals surface area contributed by atoms with E-state index in [-0.39, 0.29) is 11.6 Å². The summed E-state index contributed by atoms with van der Waals surface area (Å²) in [5.41, 5.74) is 6.41. The lowest BCUT2D eigenvalue weighted by Gasteiger charge is -2.07. The van der Waals surface area contributed by atoms with E-state index in [9.17, 15) is 4.79 Å². The van der Waals surface area contributed by atoms with Crippen molar-refractivity contribution in [2.24, 2.45) is 7.05 Å². The van der Waals surface area contributed by atoms with E-state index in [0.717, 1.165) is 5.82 Å². The molecule has 0 aliphatic rings. The number of nitrogens with two attached hydrogens (primary N) is 1. The maximum Gasteiger partial charge on any atom is 0.256 e. The molecule has 2 heterocycles. The number of thiophene rings is 1. The SMILES string of the molecule is CNC(=O)c1c(NCCc2nccn2C)sc(C#N)c1N. The molecular weight excluding hydrogens is 288 g/mol. The molecule has 1 amide bonds. The molecule has 21 heavy (non-hydrogen) atoms. The molecule has 0 fully saturated rings. The smallest absolute Gasteiger partial charge is 0.256 e. The molecule has 0 aromatic carbocycles. The molecule has 2 aromatic heterocycles. The number of imidazole rings is 1. The zero-order chi connectivity index (χ0) is 15.4. The maximum atomic E-state index is 11.9. The molecule has 2 aromatic rings. The number of hydrogen-bond donors (Lipinski definition) is 3. The fourth-order valence-corrected chi connectivity index (χ4v) is 2.87. The summed E-state index contributed by atoms with van der Waals surface area (Å²) in [5.74, 6) is 0.638. The van der Waals surface area contributed by atoms with E-state index in [0.29, 0.717) is 28.4 Å². The Hall–Kier alpha value is -2.53. The van der Waals surface area contributed by atoms with Crippen molar-refractivity contribution in [3.05, 3.63) is 28.7 Å². The van der Waals surface area contributed by atoms with E-state index >= 15 is 0 Å². The highest BCUT2D eigenvalue weighted by atomic mass is 32.1. The number of nitriles is 1. The van der Waals surface area contributed by atoms with Gasteiger partial charge in [-0.1, -0.05) is 0 Å². The second kappa shape index (κ2) is 6.28. The molecule has 0 aliphatic carbocycles. The van der Waals surface area contributed by atoms with Crippen LogP contribution in [-0.4, -0.2) is 29.1 Å². The molecule has 4 N–H and O–H groups in total. The number of nitrogen functional groups attached to an aromatic ring is 1. The summed E-state index contributed by atoms with van der Waals surface area (Å²) in [7, 11) is 3.46. The van der Waals surface area contributed by atoms with Crippen LogP contribution in [0.3, 0.4) is 0 Å². The van der Waals surface area contributed by atoms with Gasteiger partial charge in [-0.2, -0.15) is 5.26 Å². The second-order valence-corrected chi connectivity index (χ2v) is 5.39. The molecule has 0 bridgehead atoms. The van der Waals surface area contributed by atoms with Crippen molar-refractivity contribution >= 4 is 27.9 Å². The number of nitrogens with zero attached hydrogens (tertiary/aromatic N) is 3. The van der Waals surface area contributed by atoms with Gasteiger partial charge in [0.05, 0.1) is 11.3 Å². The second-order valence-electron chi connectivity index (χ2n) is 4.37. The minimum absolute atomic E-state index is 0.223. The standard InChI is InChI=1S/C13H16N6OS/c1-16-12(20)10-11(15)8(7-14)21-13(10)18-4-3-9-17-5-6-19(9)2/h5-6,18H,3-4,15H2,1-2H3,(H,16,20). The number of aryl methyl sites for hydroxylation is 1. The van der Waals surface area contributed by atoms with E-state index in [1.54, 1.807) is 6.20 Å². The zero-order valence-electron chi connectivity index (χ0n) is 11.8. The van der Waals surface area contributed by atoms with Crippen LogP contribution in [0.4, 0.5) is 10.7 Å². The van der Waals surface area contributed by atoms with E-state index in [2.05, 4.69) is 15.6 Å². The van der Waals surface area contributed by atoms with Gasteiger partial charge in [-0.15, -0.1) is 11.3 Å². The molecule has 0 atom stereocenters. The van der Waals surface area contributed by atoms with Gasteiger partial charge in [0.1, 0.15) is 21.8 Å². The Bertz CT molecular complexity index is 696. The number of anilines is 2. The third kappa shape index (κ3) is 2.98. The Morgan fingerprint density at radius 3 is 2.95 bits per heavy atom. The van der Waals surface area contributed by atoms with Crippen LogP contribution in [0.25, 0.3) is 0 Å². The van der Waals surface area contributed by atoms with Crippen LogP contribution in [-0.2, 0) is 13.5 Å². The summed E-state index contributed by atoms with van der Waals surface area (Å²) in [4.78, 5) is 16.5. The van der Waals surface area contributed by atoms with E-state index in [1.165, 1.54) is 18.4 Å². The van der Waals surface area contributed by atoms with Gasteiger partial charge >= 0.3 is 0 Å². The van der Waals surface area contributed by atoms with Crippen LogP contribution in [0, 0.1) is 11.3 Å². The molecule has 7 nitrogen and oxygen atoms in total. The Morgan fingerprint density at radius 1 is 1.62 bits per heavy atom. The van der Waals surface area contributed by atoms with Crippen LogP contribution in [0.15, 0.2) is 12.4 Å². The third-order valence-corrected chi connectivity index (χ3v) is 4.12. The molecule has 110 valence electrons. The van der Waals surface area contributed by atoms with Gasteiger partial charge in [-0.3, -0.25) is 4.79 Å². The lowest BCUT2D eigenvalue weighted by Crippen LogP contribution is -2.20. The third-order valence-electron chi connectivity index (χ3n) is 3.06. The minimum Gasteiger partial charge on any atom is -0.396 e. The number of carbonyl (C=O) groups excluding carboxylic acids is 1. The summed E-state index contributed by atoms with van der Waals surface area (Å²) in [6.07, 6.45) is 4.32. The number of aromatic nitrogens is 2. The van der Waals surface area contributed by atoms with Crippen LogP contribution in [0.1, 0.15) is 21.1 Å². The number of hydrogen-bond acceptors (Lipinski definition) is 6. The normalized spacial score (nSPS) is 10.1. The summed E-state index contributed by atoms with van der Waals surface area (Å²) >= 11 is 1.19. The molecule has 0 saturated heterocycles. The molecule has 0 radical (unpaired) electrons.